The molecule has 0 aliphatic heterocycles. The van der Waals surface area contributed by atoms with Gasteiger partial charge in [-0.25, -0.2) is 0 Å². The van der Waals surface area contributed by atoms with E-state index in [0.717, 1.165) is 23.1 Å². The lowest BCUT2D eigenvalue weighted by Crippen LogP contribution is -2.21. The lowest BCUT2D eigenvalue weighted by atomic mass is 10.0. The van der Waals surface area contributed by atoms with Crippen LogP contribution in [0.15, 0.2) is 22.7 Å². The van der Waals surface area contributed by atoms with Crippen molar-refractivity contribution >= 4 is 15.9 Å². The van der Waals surface area contributed by atoms with Crippen molar-refractivity contribution in [3.8, 4) is 5.75 Å². The molecular formula is C13H20BrNO. The van der Waals surface area contributed by atoms with Crippen LogP contribution in [0.5, 0.6) is 5.75 Å². The van der Waals surface area contributed by atoms with Crippen LogP contribution in [0.4, 0.5) is 0 Å². The largest absolute Gasteiger partial charge is 0.490 e. The summed E-state index contributed by atoms with van der Waals surface area (Å²) >= 11 is 3.52. The molecule has 2 nitrogen and oxygen atoms in total. The average Bonchev–Trinajstić information content (AvgIpc) is 2.21. The molecule has 1 unspecified atom stereocenters. The molecule has 2 N–H and O–H groups in total. The van der Waals surface area contributed by atoms with Crippen LogP contribution in [0, 0.1) is 0 Å². The van der Waals surface area contributed by atoms with Gasteiger partial charge in [-0.3, -0.25) is 0 Å². The maximum Gasteiger partial charge on any atom is 0.133 e. The summed E-state index contributed by atoms with van der Waals surface area (Å²) in [4.78, 5) is 0. The zero-order valence-corrected chi connectivity index (χ0v) is 11.8. The first-order valence-electron chi connectivity index (χ1n) is 5.73. The zero-order valence-electron chi connectivity index (χ0n) is 10.2. The highest BCUT2D eigenvalue weighted by Gasteiger charge is 2.06. The Bertz CT molecular complexity index is 339. The fourth-order valence-electron chi connectivity index (χ4n) is 1.47. The summed E-state index contributed by atoms with van der Waals surface area (Å²) < 4.78 is 6.65. The van der Waals surface area contributed by atoms with E-state index in [2.05, 4.69) is 35.0 Å². The summed E-state index contributed by atoms with van der Waals surface area (Å²) in [5.74, 6) is 0.892. The van der Waals surface area contributed by atoms with Gasteiger partial charge in [-0.05, 0) is 60.3 Å². The topological polar surface area (TPSA) is 35.2 Å². The molecule has 0 bridgehead atoms. The van der Waals surface area contributed by atoms with Gasteiger partial charge < -0.3 is 10.5 Å². The molecule has 0 amide bonds. The monoisotopic (exact) mass is 285 g/mol. The Balaban J connectivity index is 2.74. The SMILES string of the molecule is CCC(N)Cc1ccc(OC(C)C)c(Br)c1. The Morgan fingerprint density at radius 2 is 2.06 bits per heavy atom. The van der Waals surface area contributed by atoms with Gasteiger partial charge in [0.05, 0.1) is 10.6 Å². The van der Waals surface area contributed by atoms with Crippen molar-refractivity contribution in [2.24, 2.45) is 5.73 Å². The molecule has 0 aromatic heterocycles. The third-order valence-corrected chi connectivity index (χ3v) is 3.00. The first-order chi connectivity index (χ1) is 7.52. The first-order valence-corrected chi connectivity index (χ1v) is 6.53. The molecule has 0 fully saturated rings. The molecule has 3 heteroatoms. The molecular weight excluding hydrogens is 266 g/mol. The third-order valence-electron chi connectivity index (χ3n) is 2.38. The van der Waals surface area contributed by atoms with Crippen LogP contribution in [-0.4, -0.2) is 12.1 Å². The summed E-state index contributed by atoms with van der Waals surface area (Å²) in [7, 11) is 0. The van der Waals surface area contributed by atoms with Crippen molar-refractivity contribution in [2.75, 3.05) is 0 Å². The van der Waals surface area contributed by atoms with Gasteiger partial charge >= 0.3 is 0 Å². The fraction of sp³-hybridized carbons (Fsp3) is 0.538. The molecule has 1 atom stereocenters. The van der Waals surface area contributed by atoms with E-state index in [9.17, 15) is 0 Å². The minimum Gasteiger partial charge on any atom is -0.490 e. The summed E-state index contributed by atoms with van der Waals surface area (Å²) in [6.07, 6.45) is 2.11. The molecule has 90 valence electrons. The maximum absolute atomic E-state index is 5.93. The predicted molar refractivity (Wildman–Crippen MR) is 71.9 cm³/mol. The van der Waals surface area contributed by atoms with Crippen molar-refractivity contribution < 1.29 is 4.74 Å². The Morgan fingerprint density at radius 3 is 2.56 bits per heavy atom. The molecule has 0 saturated heterocycles. The van der Waals surface area contributed by atoms with Gasteiger partial charge in [-0.2, -0.15) is 0 Å². The lowest BCUT2D eigenvalue weighted by molar-refractivity contribution is 0.241. The highest BCUT2D eigenvalue weighted by molar-refractivity contribution is 9.10. The van der Waals surface area contributed by atoms with Crippen LogP contribution in [0.2, 0.25) is 0 Å². The normalized spacial score (nSPS) is 12.9. The second kappa shape index (κ2) is 6.26. The van der Waals surface area contributed by atoms with E-state index in [1.165, 1.54) is 5.56 Å². The summed E-state index contributed by atoms with van der Waals surface area (Å²) in [5, 5.41) is 0. The van der Waals surface area contributed by atoms with Gasteiger partial charge in [-0.15, -0.1) is 0 Å². The quantitative estimate of drug-likeness (QED) is 0.899. The van der Waals surface area contributed by atoms with E-state index in [1.54, 1.807) is 0 Å². The molecule has 1 aromatic rings. The van der Waals surface area contributed by atoms with Crippen LogP contribution in [0.3, 0.4) is 0 Å². The van der Waals surface area contributed by atoms with Crippen molar-refractivity contribution in [2.45, 2.75) is 45.8 Å². The average molecular weight is 286 g/mol. The van der Waals surface area contributed by atoms with E-state index >= 15 is 0 Å². The lowest BCUT2D eigenvalue weighted by Gasteiger charge is -2.14. The third kappa shape index (κ3) is 4.14. The molecule has 1 aromatic carbocycles. The van der Waals surface area contributed by atoms with Crippen LogP contribution in [0.25, 0.3) is 0 Å². The van der Waals surface area contributed by atoms with Gasteiger partial charge in [0.25, 0.3) is 0 Å². The molecule has 0 aliphatic carbocycles. The standard InChI is InChI=1S/C13H20BrNO/c1-4-11(15)7-10-5-6-13(12(14)8-10)16-9(2)3/h5-6,8-9,11H,4,7,15H2,1-3H3. The van der Waals surface area contributed by atoms with Crippen LogP contribution in [0.1, 0.15) is 32.8 Å². The van der Waals surface area contributed by atoms with Gasteiger partial charge in [0.1, 0.15) is 5.75 Å². The molecule has 0 aliphatic rings. The summed E-state index contributed by atoms with van der Waals surface area (Å²) in [5.41, 5.74) is 7.17. The van der Waals surface area contributed by atoms with Gasteiger partial charge in [0.15, 0.2) is 0 Å². The number of nitrogens with two attached hydrogens (primary N) is 1. The van der Waals surface area contributed by atoms with E-state index in [4.69, 9.17) is 10.5 Å². The van der Waals surface area contributed by atoms with E-state index in [-0.39, 0.29) is 12.1 Å². The second-order valence-electron chi connectivity index (χ2n) is 4.30. The van der Waals surface area contributed by atoms with E-state index in [1.807, 2.05) is 19.9 Å². The highest BCUT2D eigenvalue weighted by atomic mass is 79.9. The highest BCUT2D eigenvalue weighted by Crippen LogP contribution is 2.27. The van der Waals surface area contributed by atoms with Gasteiger partial charge in [-0.1, -0.05) is 13.0 Å². The minimum atomic E-state index is 0.194. The number of hydrogen-bond donors (Lipinski definition) is 1. The zero-order chi connectivity index (χ0) is 12.1. The van der Waals surface area contributed by atoms with Crippen LogP contribution >= 0.6 is 15.9 Å². The molecule has 0 saturated carbocycles. The Morgan fingerprint density at radius 1 is 1.38 bits per heavy atom. The predicted octanol–water partition coefficient (Wildman–Crippen LogP) is 3.52. The Kier molecular flexibility index (Phi) is 5.29. The fourth-order valence-corrected chi connectivity index (χ4v) is 1.99. The molecule has 1 rings (SSSR count). The number of halogens is 1. The van der Waals surface area contributed by atoms with E-state index < -0.39 is 0 Å². The number of rotatable bonds is 5. The first kappa shape index (κ1) is 13.5. The Hall–Kier alpha value is -0.540. The molecule has 0 heterocycles. The summed E-state index contributed by atoms with van der Waals surface area (Å²) in [6.45, 7) is 6.15. The Labute approximate surface area is 106 Å². The van der Waals surface area contributed by atoms with E-state index in [0.29, 0.717) is 0 Å². The van der Waals surface area contributed by atoms with Crippen molar-refractivity contribution in [1.29, 1.82) is 0 Å². The molecule has 0 spiro atoms. The number of hydrogen-bond acceptors (Lipinski definition) is 2. The minimum absolute atomic E-state index is 0.194. The number of benzene rings is 1. The number of ether oxygens (including phenoxy) is 1. The van der Waals surface area contributed by atoms with Gasteiger partial charge in [0.2, 0.25) is 0 Å². The van der Waals surface area contributed by atoms with Crippen molar-refractivity contribution in [1.82, 2.24) is 0 Å². The summed E-state index contributed by atoms with van der Waals surface area (Å²) in [6, 6.07) is 6.41. The van der Waals surface area contributed by atoms with Crippen molar-refractivity contribution in [3.63, 3.8) is 0 Å². The maximum atomic E-state index is 5.93. The van der Waals surface area contributed by atoms with Gasteiger partial charge in [0, 0.05) is 6.04 Å². The van der Waals surface area contributed by atoms with Crippen LogP contribution in [-0.2, 0) is 6.42 Å². The smallest absolute Gasteiger partial charge is 0.133 e. The second-order valence-corrected chi connectivity index (χ2v) is 5.16. The van der Waals surface area contributed by atoms with Crippen LogP contribution < -0.4 is 10.5 Å². The molecule has 16 heavy (non-hydrogen) atoms. The van der Waals surface area contributed by atoms with Crippen molar-refractivity contribution in [3.05, 3.63) is 28.2 Å². The molecule has 0 radical (unpaired) electrons.